The molecule has 0 aliphatic carbocycles. The third-order valence-electron chi connectivity index (χ3n) is 1.70. The minimum Gasteiger partial charge on any atom is -0.309 e. The molecular formula is C8H17NO. The van der Waals surface area contributed by atoms with Crippen molar-refractivity contribution in [3.63, 3.8) is 0 Å². The van der Waals surface area contributed by atoms with Gasteiger partial charge in [-0.2, -0.15) is 0 Å². The lowest BCUT2D eigenvalue weighted by molar-refractivity contribution is -0.120. The number of carbonyl (C=O) groups is 1. The highest BCUT2D eigenvalue weighted by Crippen LogP contribution is 2.02. The molecule has 1 atom stereocenters. The van der Waals surface area contributed by atoms with E-state index in [1.807, 2.05) is 21.0 Å². The Kier molecular flexibility index (Phi) is 4.28. The van der Waals surface area contributed by atoms with Crippen LogP contribution in [0.3, 0.4) is 0 Å². The van der Waals surface area contributed by atoms with E-state index in [2.05, 4.69) is 4.90 Å². The molecule has 0 spiro atoms. The molecule has 0 heterocycles. The lowest BCUT2D eigenvalue weighted by atomic mass is 10.0. The van der Waals surface area contributed by atoms with Crippen LogP contribution in [-0.4, -0.2) is 31.3 Å². The SMILES string of the molecule is CC(=O)C(C)CCN(C)C. The third-order valence-corrected chi connectivity index (χ3v) is 1.70. The summed E-state index contributed by atoms with van der Waals surface area (Å²) < 4.78 is 0. The summed E-state index contributed by atoms with van der Waals surface area (Å²) >= 11 is 0. The van der Waals surface area contributed by atoms with Crippen molar-refractivity contribution in [3.05, 3.63) is 0 Å². The Balaban J connectivity index is 3.40. The van der Waals surface area contributed by atoms with Crippen LogP contribution in [-0.2, 0) is 4.79 Å². The van der Waals surface area contributed by atoms with Gasteiger partial charge in [0.15, 0.2) is 0 Å². The molecule has 0 amide bonds. The number of hydrogen-bond donors (Lipinski definition) is 0. The molecule has 0 rings (SSSR count). The molecular weight excluding hydrogens is 126 g/mol. The average molecular weight is 143 g/mol. The summed E-state index contributed by atoms with van der Waals surface area (Å²) in [4.78, 5) is 12.8. The molecule has 0 aliphatic heterocycles. The summed E-state index contributed by atoms with van der Waals surface area (Å²) in [7, 11) is 4.04. The molecule has 0 aliphatic rings. The van der Waals surface area contributed by atoms with E-state index in [9.17, 15) is 4.79 Å². The molecule has 2 nitrogen and oxygen atoms in total. The fourth-order valence-corrected chi connectivity index (χ4v) is 0.655. The van der Waals surface area contributed by atoms with Gasteiger partial charge in [-0.1, -0.05) is 6.92 Å². The second-order valence-corrected chi connectivity index (χ2v) is 3.10. The van der Waals surface area contributed by atoms with E-state index in [1.54, 1.807) is 6.92 Å². The van der Waals surface area contributed by atoms with E-state index in [1.165, 1.54) is 0 Å². The molecule has 60 valence electrons. The van der Waals surface area contributed by atoms with Gasteiger partial charge in [-0.05, 0) is 34.0 Å². The van der Waals surface area contributed by atoms with Crippen LogP contribution in [0.5, 0.6) is 0 Å². The van der Waals surface area contributed by atoms with Crippen LogP contribution in [0.1, 0.15) is 20.3 Å². The first-order chi connectivity index (χ1) is 4.54. The van der Waals surface area contributed by atoms with Gasteiger partial charge < -0.3 is 4.90 Å². The normalized spacial score (nSPS) is 13.7. The van der Waals surface area contributed by atoms with Crippen molar-refractivity contribution in [2.45, 2.75) is 20.3 Å². The monoisotopic (exact) mass is 143 g/mol. The minimum atomic E-state index is 0.224. The number of Topliss-reactive ketones (excluding diaryl/α,β-unsaturated/α-hetero) is 1. The Labute approximate surface area is 63.2 Å². The minimum absolute atomic E-state index is 0.224. The van der Waals surface area contributed by atoms with E-state index in [0.29, 0.717) is 5.78 Å². The molecule has 0 bridgehead atoms. The number of hydrogen-bond acceptors (Lipinski definition) is 2. The zero-order valence-electron chi connectivity index (χ0n) is 7.35. The highest BCUT2D eigenvalue weighted by atomic mass is 16.1. The predicted molar refractivity (Wildman–Crippen MR) is 43.0 cm³/mol. The summed E-state index contributed by atoms with van der Waals surface area (Å²) in [5.74, 6) is 0.518. The Bertz CT molecular complexity index is 110. The van der Waals surface area contributed by atoms with Gasteiger partial charge in [-0.25, -0.2) is 0 Å². The second kappa shape index (κ2) is 4.45. The van der Waals surface area contributed by atoms with Crippen LogP contribution in [0.4, 0.5) is 0 Å². The van der Waals surface area contributed by atoms with Crippen molar-refractivity contribution in [2.75, 3.05) is 20.6 Å². The number of carbonyl (C=O) groups excluding carboxylic acids is 1. The van der Waals surface area contributed by atoms with Gasteiger partial charge in [0.05, 0.1) is 0 Å². The molecule has 2 heteroatoms. The van der Waals surface area contributed by atoms with Gasteiger partial charge in [0.25, 0.3) is 0 Å². The molecule has 1 unspecified atom stereocenters. The Morgan fingerprint density at radius 2 is 2.00 bits per heavy atom. The van der Waals surface area contributed by atoms with Crippen molar-refractivity contribution in [1.29, 1.82) is 0 Å². The Morgan fingerprint density at radius 1 is 1.50 bits per heavy atom. The highest BCUT2D eigenvalue weighted by Gasteiger charge is 2.06. The van der Waals surface area contributed by atoms with E-state index >= 15 is 0 Å². The topological polar surface area (TPSA) is 20.3 Å². The van der Waals surface area contributed by atoms with Crippen molar-refractivity contribution < 1.29 is 4.79 Å². The first-order valence-corrected chi connectivity index (χ1v) is 3.69. The maximum atomic E-state index is 10.7. The van der Waals surface area contributed by atoms with Crippen molar-refractivity contribution in [3.8, 4) is 0 Å². The van der Waals surface area contributed by atoms with Gasteiger partial charge in [-0.15, -0.1) is 0 Å². The lowest BCUT2D eigenvalue weighted by Gasteiger charge is -2.11. The van der Waals surface area contributed by atoms with Gasteiger partial charge >= 0.3 is 0 Å². The molecule has 0 fully saturated rings. The lowest BCUT2D eigenvalue weighted by Crippen LogP contribution is -2.18. The molecule has 0 aromatic heterocycles. The first kappa shape index (κ1) is 9.63. The molecule has 10 heavy (non-hydrogen) atoms. The average Bonchev–Trinajstić information content (AvgIpc) is 1.82. The summed E-state index contributed by atoms with van der Waals surface area (Å²) in [6, 6.07) is 0. The van der Waals surface area contributed by atoms with Crippen molar-refractivity contribution in [1.82, 2.24) is 4.90 Å². The number of ketones is 1. The summed E-state index contributed by atoms with van der Waals surface area (Å²) in [5, 5.41) is 0. The molecule has 0 aromatic carbocycles. The van der Waals surface area contributed by atoms with Crippen LogP contribution in [0.15, 0.2) is 0 Å². The predicted octanol–water partition coefficient (Wildman–Crippen LogP) is 1.16. The fraction of sp³-hybridized carbons (Fsp3) is 0.875. The zero-order chi connectivity index (χ0) is 8.15. The summed E-state index contributed by atoms with van der Waals surface area (Å²) in [6.07, 6.45) is 0.975. The van der Waals surface area contributed by atoms with Gasteiger partial charge in [0.1, 0.15) is 5.78 Å². The summed E-state index contributed by atoms with van der Waals surface area (Å²) in [6.45, 7) is 4.63. The molecule has 0 radical (unpaired) electrons. The third kappa shape index (κ3) is 4.50. The van der Waals surface area contributed by atoms with Gasteiger partial charge in [0.2, 0.25) is 0 Å². The van der Waals surface area contributed by atoms with Gasteiger partial charge in [-0.3, -0.25) is 4.79 Å². The van der Waals surface area contributed by atoms with E-state index in [4.69, 9.17) is 0 Å². The van der Waals surface area contributed by atoms with E-state index < -0.39 is 0 Å². The molecule has 0 saturated heterocycles. The van der Waals surface area contributed by atoms with Crippen LogP contribution in [0.25, 0.3) is 0 Å². The fourth-order valence-electron chi connectivity index (χ4n) is 0.655. The van der Waals surface area contributed by atoms with Crippen LogP contribution in [0, 0.1) is 5.92 Å². The maximum Gasteiger partial charge on any atom is 0.132 e. The smallest absolute Gasteiger partial charge is 0.132 e. The second-order valence-electron chi connectivity index (χ2n) is 3.10. The molecule has 0 aromatic rings. The largest absolute Gasteiger partial charge is 0.309 e. The standard InChI is InChI=1S/C8H17NO/c1-7(8(2)10)5-6-9(3)4/h7H,5-6H2,1-4H3. The van der Waals surface area contributed by atoms with E-state index in [-0.39, 0.29) is 5.92 Å². The first-order valence-electron chi connectivity index (χ1n) is 3.69. The zero-order valence-corrected chi connectivity index (χ0v) is 7.35. The van der Waals surface area contributed by atoms with Crippen LogP contribution >= 0.6 is 0 Å². The van der Waals surface area contributed by atoms with Crippen molar-refractivity contribution >= 4 is 5.78 Å². The highest BCUT2D eigenvalue weighted by molar-refractivity contribution is 5.77. The van der Waals surface area contributed by atoms with Crippen LogP contribution in [0.2, 0.25) is 0 Å². The summed E-state index contributed by atoms with van der Waals surface area (Å²) in [5.41, 5.74) is 0. The van der Waals surface area contributed by atoms with Gasteiger partial charge in [0, 0.05) is 5.92 Å². The Morgan fingerprint density at radius 3 is 2.30 bits per heavy atom. The Hall–Kier alpha value is -0.370. The van der Waals surface area contributed by atoms with E-state index in [0.717, 1.165) is 13.0 Å². The quantitative estimate of drug-likeness (QED) is 0.588. The van der Waals surface area contributed by atoms with Crippen LogP contribution < -0.4 is 0 Å². The maximum absolute atomic E-state index is 10.7. The number of rotatable bonds is 4. The molecule has 0 saturated carbocycles. The number of nitrogens with zero attached hydrogens (tertiary/aromatic N) is 1. The van der Waals surface area contributed by atoms with Crippen molar-refractivity contribution in [2.24, 2.45) is 5.92 Å². The molecule has 0 N–H and O–H groups in total.